The van der Waals surface area contributed by atoms with Crippen LogP contribution in [0, 0.1) is 10.1 Å². The Kier molecular flexibility index (Phi) is 4.75. The lowest BCUT2D eigenvalue weighted by Crippen LogP contribution is -2.02. The van der Waals surface area contributed by atoms with Gasteiger partial charge in [0.25, 0.3) is 5.69 Å². The number of thiazole rings is 1. The minimum absolute atomic E-state index is 0.0217. The van der Waals surface area contributed by atoms with Crippen molar-refractivity contribution in [2.24, 2.45) is 0 Å². The van der Waals surface area contributed by atoms with Crippen LogP contribution in [-0.4, -0.2) is 16.5 Å². The fourth-order valence-electron chi connectivity index (χ4n) is 1.62. The molecule has 0 unspecified atom stereocenters. The van der Waals surface area contributed by atoms with Crippen LogP contribution in [-0.2, 0) is 6.54 Å². The molecule has 0 radical (unpaired) electrons. The number of nitro benzene ring substituents is 1. The fourth-order valence-corrected chi connectivity index (χ4v) is 2.53. The normalized spacial score (nSPS) is 10.3. The van der Waals surface area contributed by atoms with E-state index in [-0.39, 0.29) is 5.69 Å². The number of nitro groups is 1. The van der Waals surface area contributed by atoms with Crippen molar-refractivity contribution in [2.75, 3.05) is 11.9 Å². The topological polar surface area (TPSA) is 77.3 Å². The first-order chi connectivity index (χ1) is 9.60. The van der Waals surface area contributed by atoms with E-state index >= 15 is 0 Å². The second-order valence-electron chi connectivity index (χ2n) is 3.80. The molecule has 0 fully saturated rings. The van der Waals surface area contributed by atoms with E-state index in [4.69, 9.17) is 16.3 Å². The standard InChI is InChI=1S/C12H12ClN3O3S/c1-2-19-8-3-4-10(11(5-8)16(17)18)14-6-9-7-15-12(13)20-9/h3-5,7,14H,2,6H2,1H3. The van der Waals surface area contributed by atoms with Gasteiger partial charge in [0.1, 0.15) is 11.4 Å². The van der Waals surface area contributed by atoms with Gasteiger partial charge in [0, 0.05) is 11.1 Å². The number of ether oxygens (including phenoxy) is 1. The van der Waals surface area contributed by atoms with Crippen molar-refractivity contribution in [3.63, 3.8) is 0 Å². The molecule has 2 rings (SSSR count). The summed E-state index contributed by atoms with van der Waals surface area (Å²) in [6, 6.07) is 4.73. The summed E-state index contributed by atoms with van der Waals surface area (Å²) < 4.78 is 5.71. The third-order valence-corrected chi connectivity index (χ3v) is 3.57. The van der Waals surface area contributed by atoms with Crippen LogP contribution in [0.25, 0.3) is 0 Å². The van der Waals surface area contributed by atoms with Crippen LogP contribution in [0.2, 0.25) is 4.47 Å². The van der Waals surface area contributed by atoms with Crippen molar-refractivity contribution in [3.05, 3.63) is 43.9 Å². The molecule has 0 amide bonds. The molecule has 0 aliphatic heterocycles. The second kappa shape index (κ2) is 6.53. The first-order valence-corrected chi connectivity index (χ1v) is 7.05. The van der Waals surface area contributed by atoms with Crippen LogP contribution in [0.3, 0.4) is 0 Å². The van der Waals surface area contributed by atoms with Crippen molar-refractivity contribution in [1.82, 2.24) is 4.98 Å². The lowest BCUT2D eigenvalue weighted by Gasteiger charge is -2.08. The van der Waals surface area contributed by atoms with Crippen molar-refractivity contribution >= 4 is 34.3 Å². The van der Waals surface area contributed by atoms with Gasteiger partial charge in [-0.1, -0.05) is 11.6 Å². The Bertz CT molecular complexity index is 618. The molecule has 0 saturated heterocycles. The number of aromatic nitrogens is 1. The van der Waals surface area contributed by atoms with E-state index in [0.29, 0.717) is 29.1 Å². The lowest BCUT2D eigenvalue weighted by atomic mass is 10.2. The van der Waals surface area contributed by atoms with Gasteiger partial charge >= 0.3 is 0 Å². The van der Waals surface area contributed by atoms with Gasteiger partial charge in [0.15, 0.2) is 4.47 Å². The monoisotopic (exact) mass is 313 g/mol. The zero-order valence-corrected chi connectivity index (χ0v) is 12.2. The average Bonchev–Trinajstić information content (AvgIpc) is 2.83. The third-order valence-electron chi connectivity index (χ3n) is 2.46. The Morgan fingerprint density at radius 1 is 1.55 bits per heavy atom. The molecule has 0 spiro atoms. The van der Waals surface area contributed by atoms with Gasteiger partial charge < -0.3 is 10.1 Å². The molecule has 2 aromatic rings. The first-order valence-electron chi connectivity index (χ1n) is 5.85. The van der Waals surface area contributed by atoms with E-state index in [1.165, 1.54) is 17.4 Å². The Balaban J connectivity index is 2.15. The molecule has 106 valence electrons. The molecule has 0 aliphatic rings. The number of nitrogens with one attached hydrogen (secondary N) is 1. The van der Waals surface area contributed by atoms with Crippen LogP contribution < -0.4 is 10.1 Å². The molecule has 0 aliphatic carbocycles. The Hall–Kier alpha value is -1.86. The summed E-state index contributed by atoms with van der Waals surface area (Å²) in [4.78, 5) is 15.4. The Labute approximate surface area is 124 Å². The van der Waals surface area contributed by atoms with E-state index in [1.54, 1.807) is 18.3 Å². The highest BCUT2D eigenvalue weighted by atomic mass is 35.5. The number of rotatable bonds is 6. The predicted molar refractivity (Wildman–Crippen MR) is 78.7 cm³/mol. The van der Waals surface area contributed by atoms with Gasteiger partial charge in [-0.15, -0.1) is 11.3 Å². The minimum atomic E-state index is -0.440. The van der Waals surface area contributed by atoms with E-state index in [0.717, 1.165) is 4.88 Å². The van der Waals surface area contributed by atoms with E-state index in [9.17, 15) is 10.1 Å². The van der Waals surface area contributed by atoms with Gasteiger partial charge in [-0.3, -0.25) is 10.1 Å². The van der Waals surface area contributed by atoms with Crippen LogP contribution in [0.15, 0.2) is 24.4 Å². The largest absolute Gasteiger partial charge is 0.494 e. The van der Waals surface area contributed by atoms with Crippen LogP contribution in [0.4, 0.5) is 11.4 Å². The van der Waals surface area contributed by atoms with Crippen molar-refractivity contribution in [1.29, 1.82) is 0 Å². The summed E-state index contributed by atoms with van der Waals surface area (Å²) in [5.74, 6) is 0.477. The maximum Gasteiger partial charge on any atom is 0.296 e. The average molecular weight is 314 g/mol. The summed E-state index contributed by atoms with van der Waals surface area (Å²) in [5.41, 5.74) is 0.412. The summed E-state index contributed by atoms with van der Waals surface area (Å²) in [7, 11) is 0. The molecule has 1 N–H and O–H groups in total. The van der Waals surface area contributed by atoms with E-state index < -0.39 is 4.92 Å². The Morgan fingerprint density at radius 3 is 2.95 bits per heavy atom. The van der Waals surface area contributed by atoms with Crippen LogP contribution in [0.5, 0.6) is 5.75 Å². The summed E-state index contributed by atoms with van der Waals surface area (Å²) >= 11 is 7.06. The van der Waals surface area contributed by atoms with E-state index in [1.807, 2.05) is 6.92 Å². The molecule has 1 aromatic heterocycles. The van der Waals surface area contributed by atoms with Gasteiger partial charge in [-0.25, -0.2) is 4.98 Å². The van der Waals surface area contributed by atoms with Gasteiger partial charge in [0.05, 0.1) is 24.1 Å². The highest BCUT2D eigenvalue weighted by Gasteiger charge is 2.15. The molecule has 8 heteroatoms. The zero-order chi connectivity index (χ0) is 14.5. The molecule has 0 bridgehead atoms. The van der Waals surface area contributed by atoms with Gasteiger partial charge in [-0.05, 0) is 19.1 Å². The summed E-state index contributed by atoms with van der Waals surface area (Å²) in [6.45, 7) is 2.72. The van der Waals surface area contributed by atoms with Crippen LogP contribution in [0.1, 0.15) is 11.8 Å². The summed E-state index contributed by atoms with van der Waals surface area (Å²) in [6.07, 6.45) is 1.64. The molecule has 6 nitrogen and oxygen atoms in total. The zero-order valence-electron chi connectivity index (χ0n) is 10.6. The maximum absolute atomic E-state index is 11.1. The Morgan fingerprint density at radius 2 is 2.35 bits per heavy atom. The first kappa shape index (κ1) is 14.5. The SMILES string of the molecule is CCOc1ccc(NCc2cnc(Cl)s2)c([N+](=O)[O-])c1. The molecule has 1 aromatic carbocycles. The number of nitrogens with zero attached hydrogens (tertiary/aromatic N) is 2. The fraction of sp³-hybridized carbons (Fsp3) is 0.250. The quantitative estimate of drug-likeness (QED) is 0.649. The van der Waals surface area contributed by atoms with Crippen LogP contribution >= 0.6 is 22.9 Å². The molecular weight excluding hydrogens is 302 g/mol. The highest BCUT2D eigenvalue weighted by molar-refractivity contribution is 7.15. The van der Waals surface area contributed by atoms with E-state index in [2.05, 4.69) is 10.3 Å². The number of hydrogen-bond acceptors (Lipinski definition) is 6. The lowest BCUT2D eigenvalue weighted by molar-refractivity contribution is -0.384. The molecular formula is C12H12ClN3O3S. The molecule has 1 heterocycles. The second-order valence-corrected chi connectivity index (χ2v) is 5.50. The number of benzene rings is 1. The van der Waals surface area contributed by atoms with Gasteiger partial charge in [-0.2, -0.15) is 0 Å². The van der Waals surface area contributed by atoms with Crippen molar-refractivity contribution < 1.29 is 9.66 Å². The van der Waals surface area contributed by atoms with Gasteiger partial charge in [0.2, 0.25) is 0 Å². The maximum atomic E-state index is 11.1. The number of anilines is 1. The molecule has 20 heavy (non-hydrogen) atoms. The van der Waals surface area contributed by atoms with Crippen molar-refractivity contribution in [2.45, 2.75) is 13.5 Å². The molecule has 0 saturated carbocycles. The predicted octanol–water partition coefficient (Wildman–Crippen LogP) is 3.72. The number of hydrogen-bond donors (Lipinski definition) is 1. The van der Waals surface area contributed by atoms with Crippen molar-refractivity contribution in [3.8, 4) is 5.75 Å². The smallest absolute Gasteiger partial charge is 0.296 e. The third kappa shape index (κ3) is 3.58. The summed E-state index contributed by atoms with van der Waals surface area (Å²) in [5, 5.41) is 14.1. The molecule has 0 atom stereocenters. The highest BCUT2D eigenvalue weighted by Crippen LogP contribution is 2.30. The number of halogens is 1. The minimum Gasteiger partial charge on any atom is -0.494 e.